The molecule has 2 heterocycles. The fourth-order valence-electron chi connectivity index (χ4n) is 12.2. The number of carboxylic acids is 1. The summed E-state index contributed by atoms with van der Waals surface area (Å²) in [7, 11) is 6.75. The van der Waals surface area contributed by atoms with Gasteiger partial charge in [-0.05, 0) is 232 Å². The number of aliphatic carboxylic acids is 1. The van der Waals surface area contributed by atoms with Crippen LogP contribution in [0.1, 0.15) is 173 Å². The normalized spacial score (nSPS) is 12.6. The molecule has 0 fully saturated rings. The van der Waals surface area contributed by atoms with Crippen LogP contribution in [0.5, 0.6) is 0 Å². The maximum Gasteiger partial charge on any atom is 1.00 e. The van der Waals surface area contributed by atoms with Crippen LogP contribution in [-0.4, -0.2) is 107 Å². The zero-order chi connectivity index (χ0) is 74.2. The van der Waals surface area contributed by atoms with E-state index in [9.17, 15) is 60.2 Å². The SMILES string of the molecule is CCOC(=O)C[C@H](NC(=O)C(CC(C)C)n1cc(CCN(C)C)c(C(F)(F)F)cc1=O)c1c(F)c(C)cc(-c2c(C)c(C)cc(C)c2C)c1F.Cc1cc(C)c(C)c(-c2cc(C)c(F)c([C@H](CC(=O)O)NC(=O)C(CC(C)C)n3cc(CCN(C)C)c(C(F)(F)F)cc3=O)c2F)c1C.O.S.S.[Li+].[OH-]. The number of aryl methyl sites for hydroxylation is 6. The van der Waals surface area contributed by atoms with Crippen molar-refractivity contribution in [2.45, 2.75) is 179 Å². The number of rotatable bonds is 25. The second-order valence-corrected chi connectivity index (χ2v) is 26.9. The van der Waals surface area contributed by atoms with Gasteiger partial charge in [0, 0.05) is 59.9 Å². The van der Waals surface area contributed by atoms with E-state index in [0.717, 1.165) is 66.0 Å². The molecule has 0 radical (unpaired) electrons. The van der Waals surface area contributed by atoms with Gasteiger partial charge in [0.2, 0.25) is 11.8 Å². The predicted octanol–water partition coefficient (Wildman–Crippen LogP) is 11.5. The van der Waals surface area contributed by atoms with Crippen LogP contribution in [0.15, 0.2) is 58.4 Å². The van der Waals surface area contributed by atoms with E-state index in [1.165, 1.54) is 26.0 Å². The molecule has 2 aromatic heterocycles. The zero-order valence-electron chi connectivity index (χ0n) is 62.3. The second kappa shape index (κ2) is 40.0. The average molecular weight is 1490 g/mol. The van der Waals surface area contributed by atoms with Gasteiger partial charge < -0.3 is 50.4 Å². The van der Waals surface area contributed by atoms with Crippen molar-refractivity contribution in [1.82, 2.24) is 29.6 Å². The Bertz CT molecular complexity index is 4050. The molecule has 29 heteroatoms. The first-order valence-corrected chi connectivity index (χ1v) is 32.4. The maximum atomic E-state index is 16.8. The summed E-state index contributed by atoms with van der Waals surface area (Å²) in [6, 6.07) is 1.50. The quantitative estimate of drug-likeness (QED) is 0.0277. The molecule has 2 unspecified atom stereocenters. The maximum absolute atomic E-state index is 16.8. The molecule has 568 valence electrons. The number of likely N-dealkylation sites (N-methyl/N-ethyl adjacent to an activating group) is 2. The molecular weight excluding hydrogens is 1390 g/mol. The smallest absolute Gasteiger partial charge is 0.870 e. The minimum absolute atomic E-state index is 0. The van der Waals surface area contributed by atoms with Crippen LogP contribution in [0, 0.1) is 104 Å². The second-order valence-electron chi connectivity index (χ2n) is 26.9. The number of hydrogen-bond donors (Lipinski definition) is 3. The Balaban J connectivity index is 0.00000193. The standard InChI is InChI=1S/C38H48F5N3O4.C36H44F5N3O4.Li.2H2O.2H2S/c1-11-50-32(48)18-29(34-35(39)23(6)16-27(36(34)40)33-24(7)21(4)15-22(5)25(33)8)44-37(49)30(14-20(2)3)46-19-26(12-13-45(9)10)28(17-31(46)47)38(41,42)43;1-18(2)12-28(44-17-24(10-11-43(8)9)26(15-29(44)45)36(39,40)41)35(48)42-27(16-30(46)47)32-33(37)21(5)14-25(34(32)38)31-22(6)19(3)13-20(4)23(31)7;;;;;/h15-17,19-20,29-30H,11-14,18H2,1-10H3,(H,44,49);13-15,17-18,27-28H,10-12,16H2,1-9H3,(H,42,48)(H,46,47);;4*1H2/q;;+1;;;;/p-1/t29-,30?;27-,28?;;;;;/m00...../s1. The van der Waals surface area contributed by atoms with E-state index in [1.54, 1.807) is 86.5 Å². The molecule has 0 saturated heterocycles. The number of amides is 2. The van der Waals surface area contributed by atoms with Crippen LogP contribution in [0.2, 0.25) is 0 Å². The van der Waals surface area contributed by atoms with Crippen LogP contribution >= 0.6 is 27.0 Å². The molecule has 16 nitrogen and oxygen atoms in total. The molecular formula is C74H99F10LiN6O10S2. The van der Waals surface area contributed by atoms with Crippen LogP contribution in [-0.2, 0) is 49.1 Å². The fourth-order valence-corrected chi connectivity index (χ4v) is 12.2. The van der Waals surface area contributed by atoms with Gasteiger partial charge in [0.25, 0.3) is 11.1 Å². The Morgan fingerprint density at radius 1 is 0.524 bits per heavy atom. The van der Waals surface area contributed by atoms with Gasteiger partial charge in [-0.25, -0.2) is 17.6 Å². The fraction of sp³-hybridized carbons (Fsp3) is 0.486. The number of nitrogens with zero attached hydrogens (tertiary/aromatic N) is 4. The van der Waals surface area contributed by atoms with Gasteiger partial charge in [-0.3, -0.25) is 28.8 Å². The van der Waals surface area contributed by atoms with Crippen molar-refractivity contribution < 1.29 is 103 Å². The van der Waals surface area contributed by atoms with Crippen molar-refractivity contribution in [3.05, 3.63) is 182 Å². The molecule has 4 aromatic carbocycles. The third kappa shape index (κ3) is 23.8. The van der Waals surface area contributed by atoms with Crippen LogP contribution < -0.4 is 40.6 Å². The first-order chi connectivity index (χ1) is 45.3. The number of hydrogen-bond acceptors (Lipinski definition) is 10. The minimum Gasteiger partial charge on any atom is -0.870 e. The summed E-state index contributed by atoms with van der Waals surface area (Å²) in [6.45, 7) is 26.6. The summed E-state index contributed by atoms with van der Waals surface area (Å²) in [5, 5.41) is 14.8. The Morgan fingerprint density at radius 3 is 1.11 bits per heavy atom. The van der Waals surface area contributed by atoms with E-state index in [2.05, 4.69) is 10.6 Å². The third-order valence-corrected chi connectivity index (χ3v) is 17.7. The summed E-state index contributed by atoms with van der Waals surface area (Å²) >= 11 is 0. The number of nitrogens with one attached hydrogen (secondary N) is 2. The summed E-state index contributed by atoms with van der Waals surface area (Å²) in [5.74, 6) is -8.67. The number of halogens is 10. The van der Waals surface area contributed by atoms with Crippen molar-refractivity contribution in [3.63, 3.8) is 0 Å². The Kier molecular flexibility index (Phi) is 37.3. The summed E-state index contributed by atoms with van der Waals surface area (Å²) in [5.41, 5.74) is 1.89. The zero-order valence-corrected chi connectivity index (χ0v) is 64.3. The Labute approximate surface area is 622 Å². The molecule has 0 bridgehead atoms. The van der Waals surface area contributed by atoms with Crippen molar-refractivity contribution in [2.24, 2.45) is 11.8 Å². The average Bonchev–Trinajstić information content (AvgIpc) is 0.770. The molecule has 2 amide bonds. The summed E-state index contributed by atoms with van der Waals surface area (Å²) < 4.78 is 156. The van der Waals surface area contributed by atoms with Crippen LogP contribution in [0.3, 0.4) is 0 Å². The van der Waals surface area contributed by atoms with Gasteiger partial charge >= 0.3 is 43.2 Å². The predicted molar refractivity (Wildman–Crippen MR) is 385 cm³/mol. The minimum atomic E-state index is -4.83. The number of esters is 1. The van der Waals surface area contributed by atoms with E-state index >= 15 is 17.6 Å². The van der Waals surface area contributed by atoms with Gasteiger partial charge in [-0.15, -0.1) is 0 Å². The first kappa shape index (κ1) is 96.1. The van der Waals surface area contributed by atoms with Crippen LogP contribution in [0.25, 0.3) is 22.3 Å². The number of carbonyl (C=O) groups is 4. The molecule has 0 aliphatic rings. The summed E-state index contributed by atoms with van der Waals surface area (Å²) in [4.78, 5) is 82.9. The molecule has 0 spiro atoms. The van der Waals surface area contributed by atoms with Crippen LogP contribution in [0.4, 0.5) is 43.9 Å². The summed E-state index contributed by atoms with van der Waals surface area (Å²) in [6.07, 6.45) is -9.33. The molecule has 6 N–H and O–H groups in total. The largest absolute Gasteiger partial charge is 1.00 e. The Morgan fingerprint density at radius 2 is 0.835 bits per heavy atom. The van der Waals surface area contributed by atoms with Gasteiger partial charge in [0.05, 0.1) is 42.7 Å². The molecule has 103 heavy (non-hydrogen) atoms. The van der Waals surface area contributed by atoms with E-state index < -0.39 is 130 Å². The number of benzene rings is 4. The van der Waals surface area contributed by atoms with Gasteiger partial charge in [-0.1, -0.05) is 39.8 Å². The van der Waals surface area contributed by atoms with Gasteiger partial charge in [-0.2, -0.15) is 53.3 Å². The number of ether oxygens (including phenoxy) is 1. The van der Waals surface area contributed by atoms with Crippen molar-refractivity contribution >= 4 is 50.7 Å². The van der Waals surface area contributed by atoms with Gasteiger partial charge in [0.15, 0.2) is 0 Å². The van der Waals surface area contributed by atoms with Crippen molar-refractivity contribution in [3.8, 4) is 22.3 Å². The number of carboxylic acid groups (broad SMARTS) is 1. The third-order valence-electron chi connectivity index (χ3n) is 17.7. The van der Waals surface area contributed by atoms with E-state index in [1.807, 2.05) is 53.7 Å². The first-order valence-electron chi connectivity index (χ1n) is 32.4. The molecule has 0 saturated carbocycles. The number of alkyl halides is 6. The molecule has 6 rings (SSSR count). The Hall–Kier alpha value is -6.90. The molecule has 0 aliphatic carbocycles. The van der Waals surface area contributed by atoms with Crippen molar-refractivity contribution in [1.29, 1.82) is 0 Å². The molecule has 4 atom stereocenters. The van der Waals surface area contributed by atoms with E-state index in [4.69, 9.17) is 4.74 Å². The number of aromatic nitrogens is 2. The van der Waals surface area contributed by atoms with Crippen molar-refractivity contribution in [2.75, 3.05) is 47.9 Å². The van der Waals surface area contributed by atoms with Gasteiger partial charge in [0.1, 0.15) is 35.4 Å². The topological polar surface area (TPSA) is 234 Å². The molecule has 0 aliphatic heterocycles. The number of pyridine rings is 2. The monoisotopic (exact) mass is 1490 g/mol. The van der Waals surface area contributed by atoms with E-state index in [-0.39, 0.29) is 147 Å². The number of carbonyl (C=O) groups excluding carboxylic acids is 3. The van der Waals surface area contributed by atoms with E-state index in [0.29, 0.717) is 23.3 Å². The molecule has 6 aromatic rings.